The molecule has 2 atom stereocenters. The molecule has 6 rings (SSSR count). The van der Waals surface area contributed by atoms with Crippen LogP contribution in [0.5, 0.6) is 0 Å². The first kappa shape index (κ1) is 18.5. The summed E-state index contributed by atoms with van der Waals surface area (Å²) in [6.07, 6.45) is 7.48. The Morgan fingerprint density at radius 3 is 2.36 bits per heavy atom. The Balaban J connectivity index is 1.34. The number of thioether (sulfide) groups is 1. The first-order valence-electron chi connectivity index (χ1n) is 10.2. The lowest BCUT2D eigenvalue weighted by atomic mass is 9.53. The summed E-state index contributed by atoms with van der Waals surface area (Å²) in [7, 11) is 0. The summed E-state index contributed by atoms with van der Waals surface area (Å²) in [6, 6.07) is -0.314. The van der Waals surface area contributed by atoms with E-state index in [2.05, 4.69) is 5.32 Å². The summed E-state index contributed by atoms with van der Waals surface area (Å²) < 4.78 is 5.00. The van der Waals surface area contributed by atoms with E-state index >= 15 is 0 Å². The molecule has 8 heteroatoms. The van der Waals surface area contributed by atoms with Gasteiger partial charge in [0.05, 0.1) is 0 Å². The third-order valence-electron chi connectivity index (χ3n) is 7.20. The Hall–Kier alpha value is -1.54. The first-order chi connectivity index (χ1) is 13.3. The lowest BCUT2D eigenvalue weighted by molar-refractivity contribution is -0.151. The lowest BCUT2D eigenvalue weighted by Gasteiger charge is -2.60. The van der Waals surface area contributed by atoms with Crippen molar-refractivity contribution in [2.24, 2.45) is 17.8 Å². The second kappa shape index (κ2) is 6.49. The number of esters is 1. The van der Waals surface area contributed by atoms with Crippen molar-refractivity contribution in [3.05, 3.63) is 11.3 Å². The van der Waals surface area contributed by atoms with E-state index in [1.54, 1.807) is 11.8 Å². The number of amides is 1. The van der Waals surface area contributed by atoms with Gasteiger partial charge in [0.15, 0.2) is 0 Å². The van der Waals surface area contributed by atoms with Gasteiger partial charge in [0, 0.05) is 23.8 Å². The number of carboxylic acids is 1. The van der Waals surface area contributed by atoms with Crippen LogP contribution >= 0.6 is 11.8 Å². The van der Waals surface area contributed by atoms with Gasteiger partial charge in [-0.25, -0.2) is 4.79 Å². The summed E-state index contributed by atoms with van der Waals surface area (Å²) in [5, 5.41) is 13.2. The Morgan fingerprint density at radius 1 is 1.21 bits per heavy atom. The molecule has 2 N–H and O–H groups in total. The third-order valence-corrected chi connectivity index (χ3v) is 8.54. The third kappa shape index (κ3) is 2.87. The fourth-order valence-electron chi connectivity index (χ4n) is 6.60. The van der Waals surface area contributed by atoms with Gasteiger partial charge in [0.1, 0.15) is 23.7 Å². The molecule has 0 radical (unpaired) electrons. The van der Waals surface area contributed by atoms with Crippen LogP contribution in [0.15, 0.2) is 11.3 Å². The van der Waals surface area contributed by atoms with E-state index in [1.165, 1.54) is 31.1 Å². The molecule has 152 valence electrons. The topological polar surface area (TPSA) is 95.9 Å². The van der Waals surface area contributed by atoms with Crippen molar-refractivity contribution in [2.75, 3.05) is 12.4 Å². The zero-order valence-corrected chi connectivity index (χ0v) is 16.8. The van der Waals surface area contributed by atoms with Crippen LogP contribution < -0.4 is 5.32 Å². The normalized spacial score (nSPS) is 41.0. The van der Waals surface area contributed by atoms with Gasteiger partial charge >= 0.3 is 11.9 Å². The number of aliphatic carboxylic acids is 1. The van der Waals surface area contributed by atoms with E-state index < -0.39 is 11.9 Å². The van der Waals surface area contributed by atoms with Crippen molar-refractivity contribution in [1.82, 2.24) is 10.2 Å². The van der Waals surface area contributed by atoms with Crippen molar-refractivity contribution in [1.29, 1.82) is 0 Å². The highest BCUT2D eigenvalue weighted by Crippen LogP contribution is 2.56. The van der Waals surface area contributed by atoms with E-state index in [0.717, 1.165) is 37.0 Å². The number of nitrogens with one attached hydrogen (secondary N) is 1. The van der Waals surface area contributed by atoms with Crippen LogP contribution in [0.4, 0.5) is 0 Å². The molecule has 7 nitrogen and oxygen atoms in total. The van der Waals surface area contributed by atoms with Gasteiger partial charge in [-0.2, -0.15) is 0 Å². The molecule has 0 aromatic heterocycles. The largest absolute Gasteiger partial charge is 0.477 e. The Labute approximate surface area is 168 Å². The minimum atomic E-state index is -1.13. The maximum absolute atomic E-state index is 13.0. The smallest absolute Gasteiger partial charge is 0.352 e. The van der Waals surface area contributed by atoms with Gasteiger partial charge in [-0.1, -0.05) is 0 Å². The molecule has 1 amide bonds. The average molecular weight is 407 g/mol. The fraction of sp³-hybridized carbons (Fsp3) is 0.750. The maximum atomic E-state index is 13.0. The minimum absolute atomic E-state index is 0.00133. The monoisotopic (exact) mass is 406 g/mol. The van der Waals surface area contributed by atoms with Gasteiger partial charge < -0.3 is 9.84 Å². The van der Waals surface area contributed by atoms with Crippen molar-refractivity contribution in [2.45, 2.75) is 62.4 Å². The molecule has 6 aliphatic rings. The number of carbonyl (C=O) groups is 3. The minimum Gasteiger partial charge on any atom is -0.477 e. The van der Waals surface area contributed by atoms with Crippen molar-refractivity contribution in [3.8, 4) is 0 Å². The molecule has 5 fully saturated rings. The summed E-state index contributed by atoms with van der Waals surface area (Å²) in [5.41, 5.74) is 0.552. The van der Waals surface area contributed by atoms with Crippen LogP contribution in [0.2, 0.25) is 0 Å². The number of hydrogen-bond acceptors (Lipinski definition) is 6. The summed E-state index contributed by atoms with van der Waals surface area (Å²) >= 11 is 1.56. The molecule has 2 aliphatic heterocycles. The van der Waals surface area contributed by atoms with Crippen molar-refractivity contribution >= 4 is 29.6 Å². The zero-order valence-electron chi connectivity index (χ0n) is 16.0. The van der Waals surface area contributed by atoms with Crippen LogP contribution in [0, 0.1) is 17.8 Å². The van der Waals surface area contributed by atoms with Crippen LogP contribution in [0.3, 0.4) is 0 Å². The highest BCUT2D eigenvalue weighted by atomic mass is 32.2. The summed E-state index contributed by atoms with van der Waals surface area (Å²) in [6.45, 7) is 1.22. The first-order valence-corrected chi connectivity index (χ1v) is 11.2. The van der Waals surface area contributed by atoms with Gasteiger partial charge in [0.25, 0.3) is 0 Å². The Morgan fingerprint density at radius 2 is 1.82 bits per heavy atom. The number of fused-ring (bicyclic) bond motifs is 1. The molecule has 1 saturated heterocycles. The molecular weight excluding hydrogens is 380 g/mol. The molecule has 4 aliphatic carbocycles. The number of hydrogen-bond donors (Lipinski definition) is 2. The lowest BCUT2D eigenvalue weighted by Crippen LogP contribution is -2.74. The molecule has 0 aromatic carbocycles. The van der Waals surface area contributed by atoms with Gasteiger partial charge in [-0.05, 0) is 56.3 Å². The maximum Gasteiger partial charge on any atom is 0.352 e. The Bertz CT molecular complexity index is 743. The van der Waals surface area contributed by atoms with Crippen LogP contribution in [0.1, 0.15) is 45.4 Å². The summed E-state index contributed by atoms with van der Waals surface area (Å²) in [5.74, 6) is 1.07. The molecule has 0 aromatic rings. The number of ether oxygens (including phenoxy) is 1. The van der Waals surface area contributed by atoms with Gasteiger partial charge in [-0.15, -0.1) is 11.8 Å². The zero-order chi connectivity index (χ0) is 19.6. The van der Waals surface area contributed by atoms with Crippen LogP contribution in [0.25, 0.3) is 0 Å². The standard InChI is InChI=1S/C20H26N2O5S/c1-10(23)27-8-14-9-28-18-15(17(24)22(18)16(14)19(25)26)21-20-5-11-2-12(6-20)4-13(3-11)7-20/h11-13,15,18,21H,2-9H2,1H3,(H,25,26)/t11?,12?,13?,15-,18-,20?/m1/s1. The number of carbonyl (C=O) groups excluding carboxylic acids is 2. The second-order valence-corrected chi connectivity index (χ2v) is 10.4. The molecular formula is C20H26N2O5S. The van der Waals surface area contributed by atoms with Gasteiger partial charge in [0.2, 0.25) is 5.91 Å². The van der Waals surface area contributed by atoms with E-state index in [9.17, 15) is 19.5 Å². The van der Waals surface area contributed by atoms with Crippen molar-refractivity contribution in [3.63, 3.8) is 0 Å². The molecule has 4 saturated carbocycles. The summed E-state index contributed by atoms with van der Waals surface area (Å²) in [4.78, 5) is 37.3. The predicted octanol–water partition coefficient (Wildman–Crippen LogP) is 1.73. The second-order valence-electron chi connectivity index (χ2n) is 9.27. The van der Waals surface area contributed by atoms with E-state index in [0.29, 0.717) is 11.3 Å². The quantitative estimate of drug-likeness (QED) is 0.530. The highest BCUT2D eigenvalue weighted by molar-refractivity contribution is 8.00. The number of nitrogens with zero attached hydrogens (tertiary/aromatic N) is 1. The highest BCUT2D eigenvalue weighted by Gasteiger charge is 2.58. The molecule has 28 heavy (non-hydrogen) atoms. The van der Waals surface area contributed by atoms with E-state index in [1.807, 2.05) is 0 Å². The Kier molecular flexibility index (Phi) is 4.28. The molecule has 2 heterocycles. The number of carboxylic acid groups (broad SMARTS) is 1. The molecule has 0 unspecified atom stereocenters. The SMILES string of the molecule is CC(=O)OCC1=C(C(=O)O)N2C(=O)[C@@H](NC34CC5CC(CC(C5)C3)C4)[C@H]2SC1. The van der Waals surface area contributed by atoms with Crippen LogP contribution in [-0.4, -0.2) is 57.2 Å². The number of β-lactam (4-membered cyclic amide) rings is 1. The van der Waals surface area contributed by atoms with E-state index in [4.69, 9.17) is 4.74 Å². The number of rotatable bonds is 5. The predicted molar refractivity (Wildman–Crippen MR) is 102 cm³/mol. The molecule has 0 spiro atoms. The van der Waals surface area contributed by atoms with Gasteiger partial charge in [-0.3, -0.25) is 19.8 Å². The fourth-order valence-corrected chi connectivity index (χ4v) is 7.93. The van der Waals surface area contributed by atoms with Crippen molar-refractivity contribution < 1.29 is 24.2 Å². The van der Waals surface area contributed by atoms with E-state index in [-0.39, 0.29) is 35.2 Å². The van der Waals surface area contributed by atoms with Crippen LogP contribution in [-0.2, 0) is 19.1 Å². The molecule has 4 bridgehead atoms. The average Bonchev–Trinajstić information content (AvgIpc) is 2.62.